The number of hydrogen-bond acceptors (Lipinski definition) is 3. The molecule has 2 aromatic rings. The molecule has 122 valence electrons. The van der Waals surface area contributed by atoms with Crippen molar-refractivity contribution >= 4 is 27.5 Å². The van der Waals surface area contributed by atoms with Crippen LogP contribution in [-0.2, 0) is 6.54 Å². The van der Waals surface area contributed by atoms with Crippen LogP contribution in [0.1, 0.15) is 34.5 Å². The number of carbonyl (C=O) groups is 1. The van der Waals surface area contributed by atoms with Crippen LogP contribution in [0.3, 0.4) is 0 Å². The van der Waals surface area contributed by atoms with Crippen LogP contribution in [0.15, 0.2) is 39.4 Å². The molecule has 0 atom stereocenters. The zero-order valence-corrected chi connectivity index (χ0v) is 15.1. The molecule has 5 heteroatoms. The van der Waals surface area contributed by atoms with Gasteiger partial charge in [-0.05, 0) is 53.4 Å². The summed E-state index contributed by atoms with van der Waals surface area (Å²) in [7, 11) is 1.82. The highest BCUT2D eigenvalue weighted by molar-refractivity contribution is 9.10. The normalized spacial score (nSPS) is 14.3. The molecule has 23 heavy (non-hydrogen) atoms. The summed E-state index contributed by atoms with van der Waals surface area (Å²) >= 11 is 3.28. The number of rotatable bonds is 4. The monoisotopic (exact) mass is 376 g/mol. The summed E-state index contributed by atoms with van der Waals surface area (Å²) in [6.07, 6.45) is 2.48. The maximum Gasteiger partial charge on any atom is 0.289 e. The highest BCUT2D eigenvalue weighted by Crippen LogP contribution is 2.26. The van der Waals surface area contributed by atoms with Crippen molar-refractivity contribution in [2.24, 2.45) is 0 Å². The van der Waals surface area contributed by atoms with Crippen LogP contribution in [0.4, 0.5) is 5.69 Å². The van der Waals surface area contributed by atoms with Gasteiger partial charge in [-0.1, -0.05) is 18.2 Å². The lowest BCUT2D eigenvalue weighted by Gasteiger charge is -2.24. The van der Waals surface area contributed by atoms with Gasteiger partial charge in [-0.3, -0.25) is 4.79 Å². The van der Waals surface area contributed by atoms with Gasteiger partial charge in [0.15, 0.2) is 10.4 Å². The van der Waals surface area contributed by atoms with Gasteiger partial charge in [-0.25, -0.2) is 0 Å². The Morgan fingerprint density at radius 1 is 1.30 bits per heavy atom. The van der Waals surface area contributed by atoms with Crippen LogP contribution in [-0.4, -0.2) is 30.9 Å². The first-order valence-corrected chi connectivity index (χ1v) is 8.70. The maximum atomic E-state index is 12.6. The number of nitrogens with zero attached hydrogens (tertiary/aromatic N) is 2. The molecule has 0 saturated carbocycles. The van der Waals surface area contributed by atoms with E-state index in [9.17, 15) is 4.79 Å². The number of halogens is 1. The quantitative estimate of drug-likeness (QED) is 0.801. The molecule has 0 unspecified atom stereocenters. The standard InChI is InChI=1S/C18H21BrN2O2/c1-13-11-16(19)23-17(13)18(22)20(2)12-14-7-3-4-8-15(14)21-9-5-6-10-21/h3-4,7-8,11H,5-6,9-10,12H2,1-2H3. The minimum absolute atomic E-state index is 0.0931. The number of aryl methyl sites for hydroxylation is 1. The maximum absolute atomic E-state index is 12.6. The Balaban J connectivity index is 1.79. The van der Waals surface area contributed by atoms with Crippen molar-refractivity contribution in [3.8, 4) is 0 Å². The van der Waals surface area contributed by atoms with E-state index in [1.807, 2.05) is 26.1 Å². The highest BCUT2D eigenvalue weighted by Gasteiger charge is 2.21. The Morgan fingerprint density at radius 3 is 2.65 bits per heavy atom. The van der Waals surface area contributed by atoms with Gasteiger partial charge in [0.2, 0.25) is 0 Å². The summed E-state index contributed by atoms with van der Waals surface area (Å²) in [5, 5.41) is 0. The minimum Gasteiger partial charge on any atom is -0.444 e. The van der Waals surface area contributed by atoms with E-state index in [1.165, 1.54) is 24.1 Å². The Kier molecular flexibility index (Phi) is 4.76. The second kappa shape index (κ2) is 6.79. The number of furan rings is 1. The van der Waals surface area contributed by atoms with E-state index in [1.54, 1.807) is 4.90 Å². The van der Waals surface area contributed by atoms with Crippen LogP contribution in [0, 0.1) is 6.92 Å². The molecule has 0 bridgehead atoms. The molecule has 1 aliphatic rings. The summed E-state index contributed by atoms with van der Waals surface area (Å²) in [5.74, 6) is 0.308. The lowest BCUT2D eigenvalue weighted by molar-refractivity contribution is 0.0751. The van der Waals surface area contributed by atoms with Crippen molar-refractivity contribution in [2.75, 3.05) is 25.0 Å². The molecular weight excluding hydrogens is 356 g/mol. The van der Waals surface area contributed by atoms with Gasteiger partial charge in [0, 0.05) is 37.9 Å². The predicted molar refractivity (Wildman–Crippen MR) is 94.8 cm³/mol. The molecule has 1 aromatic carbocycles. The van der Waals surface area contributed by atoms with E-state index in [4.69, 9.17) is 4.42 Å². The molecule has 0 radical (unpaired) electrons. The smallest absolute Gasteiger partial charge is 0.289 e. The van der Waals surface area contributed by atoms with Crippen molar-refractivity contribution in [3.05, 3.63) is 51.9 Å². The summed E-state index contributed by atoms with van der Waals surface area (Å²) < 4.78 is 6.07. The number of amides is 1. The summed E-state index contributed by atoms with van der Waals surface area (Å²) in [4.78, 5) is 16.7. The summed E-state index contributed by atoms with van der Waals surface area (Å²) in [5.41, 5.74) is 3.26. The minimum atomic E-state index is -0.0931. The largest absolute Gasteiger partial charge is 0.444 e. The molecular formula is C18H21BrN2O2. The lowest BCUT2D eigenvalue weighted by Crippen LogP contribution is -2.28. The van der Waals surface area contributed by atoms with Crippen LogP contribution in [0.2, 0.25) is 0 Å². The van der Waals surface area contributed by atoms with Gasteiger partial charge in [-0.2, -0.15) is 0 Å². The van der Waals surface area contributed by atoms with Crippen LogP contribution < -0.4 is 4.90 Å². The molecule has 0 spiro atoms. The molecule has 1 amide bonds. The molecule has 1 aliphatic heterocycles. The van der Waals surface area contributed by atoms with E-state index >= 15 is 0 Å². The predicted octanol–water partition coefficient (Wildman–Crippen LogP) is 4.22. The number of carbonyl (C=O) groups excluding carboxylic acids is 1. The first-order valence-electron chi connectivity index (χ1n) is 7.90. The third-order valence-corrected chi connectivity index (χ3v) is 4.67. The van der Waals surface area contributed by atoms with Crippen molar-refractivity contribution < 1.29 is 9.21 Å². The zero-order chi connectivity index (χ0) is 16.4. The molecule has 1 fully saturated rings. The van der Waals surface area contributed by atoms with Gasteiger partial charge in [0.25, 0.3) is 5.91 Å². The van der Waals surface area contributed by atoms with E-state index in [2.05, 4.69) is 39.0 Å². The van der Waals surface area contributed by atoms with Crippen molar-refractivity contribution in [1.29, 1.82) is 0 Å². The zero-order valence-electron chi connectivity index (χ0n) is 13.5. The Labute approximate surface area is 145 Å². The van der Waals surface area contributed by atoms with Crippen LogP contribution >= 0.6 is 15.9 Å². The summed E-state index contributed by atoms with van der Waals surface area (Å²) in [6.45, 7) is 4.65. The third kappa shape index (κ3) is 3.44. The fraction of sp³-hybridized carbons (Fsp3) is 0.389. The number of hydrogen-bond donors (Lipinski definition) is 0. The molecule has 1 aromatic heterocycles. The first kappa shape index (κ1) is 16.1. The van der Waals surface area contributed by atoms with Gasteiger partial charge < -0.3 is 14.2 Å². The third-order valence-electron chi connectivity index (χ3n) is 4.27. The van der Waals surface area contributed by atoms with Gasteiger partial charge in [0.1, 0.15) is 0 Å². The highest BCUT2D eigenvalue weighted by atomic mass is 79.9. The SMILES string of the molecule is Cc1cc(Br)oc1C(=O)N(C)Cc1ccccc1N1CCCC1. The van der Waals surface area contributed by atoms with Crippen LogP contribution in [0.5, 0.6) is 0 Å². The average molecular weight is 377 g/mol. The fourth-order valence-corrected chi connectivity index (χ4v) is 3.57. The second-order valence-corrected chi connectivity index (χ2v) is 6.83. The molecule has 2 heterocycles. The first-order chi connectivity index (χ1) is 11.1. The van der Waals surface area contributed by atoms with E-state index in [0.717, 1.165) is 18.7 Å². The summed E-state index contributed by atoms with van der Waals surface area (Å²) in [6, 6.07) is 10.2. The van der Waals surface area contributed by atoms with E-state index < -0.39 is 0 Å². The van der Waals surface area contributed by atoms with Crippen molar-refractivity contribution in [3.63, 3.8) is 0 Å². The number of anilines is 1. The van der Waals surface area contributed by atoms with Crippen molar-refractivity contribution in [1.82, 2.24) is 4.90 Å². The number of para-hydroxylation sites is 1. The molecule has 3 rings (SSSR count). The molecule has 4 nitrogen and oxygen atoms in total. The molecule has 0 N–H and O–H groups in total. The molecule has 1 saturated heterocycles. The topological polar surface area (TPSA) is 36.7 Å². The van der Waals surface area contributed by atoms with Crippen LogP contribution in [0.25, 0.3) is 0 Å². The van der Waals surface area contributed by atoms with Gasteiger partial charge in [0.05, 0.1) is 0 Å². The van der Waals surface area contributed by atoms with Crippen molar-refractivity contribution in [2.45, 2.75) is 26.3 Å². The van der Waals surface area contributed by atoms with Gasteiger partial charge in [-0.15, -0.1) is 0 Å². The lowest BCUT2D eigenvalue weighted by atomic mass is 10.1. The Hall–Kier alpha value is -1.75. The average Bonchev–Trinajstić information content (AvgIpc) is 3.16. The fourth-order valence-electron chi connectivity index (χ4n) is 3.07. The molecule has 0 aliphatic carbocycles. The Morgan fingerprint density at radius 2 is 2.00 bits per heavy atom. The van der Waals surface area contributed by atoms with E-state index in [0.29, 0.717) is 17.0 Å². The number of benzene rings is 1. The Bertz CT molecular complexity index is 705. The van der Waals surface area contributed by atoms with E-state index in [-0.39, 0.29) is 5.91 Å². The second-order valence-electron chi connectivity index (χ2n) is 6.05. The van der Waals surface area contributed by atoms with Gasteiger partial charge >= 0.3 is 0 Å².